The van der Waals surface area contributed by atoms with Crippen molar-refractivity contribution in [3.05, 3.63) is 102 Å². The number of halogens is 1. The standard InChI is InChI=1S/C36H46N4O2.ClH/c1-6-40(27-26-37-36(41)42-34-12-10-8-7-9-11-13-34)33-24-18-30(19-25-33)35(28-14-20-31(21-15-28)38(2)3)29-16-22-32(23-17-29)39(4)5;/h7-8,14-25,34H,6,9-13,26-27H2,1-5H3;1H. The minimum Gasteiger partial charge on any atom is -1.00 e. The van der Waals surface area contributed by atoms with Gasteiger partial charge in [-0.25, -0.2) is 9.37 Å². The van der Waals surface area contributed by atoms with E-state index in [9.17, 15) is 4.79 Å². The summed E-state index contributed by atoms with van der Waals surface area (Å²) in [5.74, 6) is 0. The van der Waals surface area contributed by atoms with Crippen LogP contribution in [-0.4, -0.2) is 70.3 Å². The second-order valence-corrected chi connectivity index (χ2v) is 11.3. The molecule has 0 spiro atoms. The molecule has 1 amide bonds. The molecule has 0 radical (unpaired) electrons. The van der Waals surface area contributed by atoms with Gasteiger partial charge in [0.1, 0.15) is 12.6 Å². The fraction of sp³-hybridized carbons (Fsp3) is 0.389. The van der Waals surface area contributed by atoms with Gasteiger partial charge in [-0.15, -0.1) is 0 Å². The molecule has 2 aromatic carbocycles. The second kappa shape index (κ2) is 16.8. The number of benzene rings is 2. The van der Waals surface area contributed by atoms with Crippen molar-refractivity contribution in [2.75, 3.05) is 57.6 Å². The van der Waals surface area contributed by atoms with E-state index in [1.165, 1.54) is 33.6 Å². The van der Waals surface area contributed by atoms with Crippen LogP contribution in [0, 0.1) is 0 Å². The lowest BCUT2D eigenvalue weighted by atomic mass is 9.90. The molecule has 0 aliphatic heterocycles. The van der Waals surface area contributed by atoms with E-state index in [1.54, 1.807) is 0 Å². The van der Waals surface area contributed by atoms with Gasteiger partial charge in [0.15, 0.2) is 12.3 Å². The summed E-state index contributed by atoms with van der Waals surface area (Å²) in [6.07, 6.45) is 17.8. The zero-order valence-corrected chi connectivity index (χ0v) is 27.1. The van der Waals surface area contributed by atoms with Crippen LogP contribution in [0.15, 0.2) is 90.6 Å². The first kappa shape index (κ1) is 33.7. The van der Waals surface area contributed by atoms with Gasteiger partial charge in [-0.1, -0.05) is 36.4 Å². The molecule has 0 aromatic heterocycles. The highest BCUT2D eigenvalue weighted by molar-refractivity contribution is 6.04. The predicted octanol–water partition coefficient (Wildman–Crippen LogP) is 3.84. The van der Waals surface area contributed by atoms with E-state index in [0.29, 0.717) is 13.1 Å². The lowest BCUT2D eigenvalue weighted by Gasteiger charge is -2.18. The van der Waals surface area contributed by atoms with Crippen LogP contribution < -0.4 is 27.5 Å². The van der Waals surface area contributed by atoms with E-state index in [4.69, 9.17) is 4.74 Å². The first-order valence-corrected chi connectivity index (χ1v) is 15.2. The van der Waals surface area contributed by atoms with Gasteiger partial charge in [0.25, 0.3) is 0 Å². The van der Waals surface area contributed by atoms with Crippen molar-refractivity contribution in [2.45, 2.75) is 45.1 Å². The number of anilines is 2. The molecule has 2 aliphatic rings. The van der Waals surface area contributed by atoms with Crippen LogP contribution in [0.4, 0.5) is 16.2 Å². The summed E-state index contributed by atoms with van der Waals surface area (Å²) in [6, 6.07) is 17.5. The van der Waals surface area contributed by atoms with E-state index in [2.05, 4.69) is 140 Å². The summed E-state index contributed by atoms with van der Waals surface area (Å²) in [7, 11) is 8.25. The Hall–Kier alpha value is -3.77. The van der Waals surface area contributed by atoms with E-state index in [-0.39, 0.29) is 24.6 Å². The summed E-state index contributed by atoms with van der Waals surface area (Å²) < 4.78 is 7.98. The van der Waals surface area contributed by atoms with Crippen molar-refractivity contribution >= 4 is 28.8 Å². The fourth-order valence-electron chi connectivity index (χ4n) is 5.39. The van der Waals surface area contributed by atoms with Gasteiger partial charge in [-0.2, -0.15) is 0 Å². The molecule has 7 heteroatoms. The molecular weight excluding hydrogens is 556 g/mol. The quantitative estimate of drug-likeness (QED) is 0.350. The van der Waals surface area contributed by atoms with Crippen molar-refractivity contribution in [3.63, 3.8) is 0 Å². The number of carbonyl (C=O) groups excluding carboxylic acids is 1. The number of hydrogen-bond donors (Lipinski definition) is 1. The molecule has 0 heterocycles. The first-order chi connectivity index (χ1) is 20.4. The molecule has 43 heavy (non-hydrogen) atoms. The molecule has 1 N–H and O–H groups in total. The number of allylic oxidation sites excluding steroid dienone is 7. The summed E-state index contributed by atoms with van der Waals surface area (Å²) in [4.78, 5) is 16.7. The van der Waals surface area contributed by atoms with Crippen LogP contribution >= 0.6 is 0 Å². The number of carbonyl (C=O) groups is 1. The highest BCUT2D eigenvalue weighted by Gasteiger charge is 2.17. The van der Waals surface area contributed by atoms with Crippen molar-refractivity contribution in [1.29, 1.82) is 0 Å². The molecule has 0 fully saturated rings. The highest BCUT2D eigenvalue weighted by atomic mass is 35.5. The normalized spacial score (nSPS) is 16.1. The van der Waals surface area contributed by atoms with Gasteiger partial charge in [0.05, 0.1) is 6.54 Å². The topological polar surface area (TPSA) is 47.8 Å². The van der Waals surface area contributed by atoms with Crippen LogP contribution in [0.2, 0.25) is 0 Å². The molecule has 4 rings (SSSR count). The van der Waals surface area contributed by atoms with Crippen molar-refractivity contribution in [3.8, 4) is 0 Å². The summed E-state index contributed by atoms with van der Waals surface area (Å²) >= 11 is 0. The number of ether oxygens (including phenoxy) is 1. The monoisotopic (exact) mass is 602 g/mol. The number of alkyl carbamates (subject to hydrolysis) is 1. The average molecular weight is 603 g/mol. The fourth-order valence-corrected chi connectivity index (χ4v) is 5.39. The van der Waals surface area contributed by atoms with Crippen molar-refractivity contribution in [1.82, 2.24) is 5.32 Å². The maximum Gasteiger partial charge on any atom is 0.407 e. The van der Waals surface area contributed by atoms with Gasteiger partial charge in [0, 0.05) is 51.7 Å². The van der Waals surface area contributed by atoms with Gasteiger partial charge in [0.2, 0.25) is 0 Å². The zero-order chi connectivity index (χ0) is 29.9. The van der Waals surface area contributed by atoms with E-state index >= 15 is 0 Å². The molecule has 1 atom stereocenters. The third-order valence-electron chi connectivity index (χ3n) is 7.89. The number of hydrogen-bond acceptors (Lipinski definition) is 4. The lowest BCUT2D eigenvalue weighted by Crippen LogP contribution is -3.00. The SMILES string of the molecule is CC[N+](CCNC(=O)OC1CCC=CCCC1)=C1C=CC(=C(c2ccc(N(C)C)cc2)c2ccc(N(C)C)cc2)C=C1.[Cl-]. The Morgan fingerprint density at radius 3 is 1.93 bits per heavy atom. The van der Waals surface area contributed by atoms with E-state index in [0.717, 1.165) is 44.4 Å². The Labute approximate surface area is 264 Å². The summed E-state index contributed by atoms with van der Waals surface area (Å²) in [6.45, 7) is 4.24. The van der Waals surface area contributed by atoms with E-state index < -0.39 is 0 Å². The van der Waals surface area contributed by atoms with Crippen LogP contribution in [-0.2, 0) is 4.74 Å². The maximum atomic E-state index is 12.4. The van der Waals surface area contributed by atoms with Crippen molar-refractivity contribution in [2.24, 2.45) is 0 Å². The Morgan fingerprint density at radius 2 is 1.40 bits per heavy atom. The Kier molecular flexibility index (Phi) is 13.1. The highest BCUT2D eigenvalue weighted by Crippen LogP contribution is 2.32. The molecule has 0 saturated carbocycles. The number of likely N-dealkylation sites (N-methyl/N-ethyl adjacent to an activating group) is 1. The molecule has 2 aliphatic carbocycles. The molecular formula is C36H47ClN4O2. The molecule has 0 saturated heterocycles. The number of nitrogens with one attached hydrogen (secondary N) is 1. The first-order valence-electron chi connectivity index (χ1n) is 15.2. The molecule has 1 unspecified atom stereocenters. The second-order valence-electron chi connectivity index (χ2n) is 11.3. The summed E-state index contributed by atoms with van der Waals surface area (Å²) in [5.41, 5.74) is 8.22. The molecule has 6 nitrogen and oxygen atoms in total. The smallest absolute Gasteiger partial charge is 0.407 e. The Bertz CT molecular complexity index is 1280. The molecule has 230 valence electrons. The average Bonchev–Trinajstić information content (AvgIpc) is 2.98. The zero-order valence-electron chi connectivity index (χ0n) is 26.4. The van der Waals surface area contributed by atoms with Crippen LogP contribution in [0.3, 0.4) is 0 Å². The Morgan fingerprint density at radius 1 is 0.837 bits per heavy atom. The summed E-state index contributed by atoms with van der Waals surface area (Å²) in [5, 5.41) is 2.97. The third kappa shape index (κ3) is 9.62. The number of amides is 1. The van der Waals surface area contributed by atoms with Crippen LogP contribution in [0.25, 0.3) is 5.57 Å². The molecule has 0 bridgehead atoms. The van der Waals surface area contributed by atoms with Gasteiger partial charge < -0.3 is 32.3 Å². The third-order valence-corrected chi connectivity index (χ3v) is 7.89. The van der Waals surface area contributed by atoms with Crippen molar-refractivity contribution < 1.29 is 26.5 Å². The van der Waals surface area contributed by atoms with Crippen LogP contribution in [0.1, 0.15) is 50.2 Å². The lowest BCUT2D eigenvalue weighted by molar-refractivity contribution is -0.520. The predicted molar refractivity (Wildman–Crippen MR) is 177 cm³/mol. The minimum absolute atomic E-state index is 0. The van der Waals surface area contributed by atoms with Gasteiger partial charge >= 0.3 is 6.09 Å². The largest absolute Gasteiger partial charge is 1.00 e. The van der Waals surface area contributed by atoms with Gasteiger partial charge in [-0.3, -0.25) is 0 Å². The van der Waals surface area contributed by atoms with E-state index in [1.807, 2.05) is 0 Å². The number of nitrogens with zero attached hydrogens (tertiary/aromatic N) is 3. The Balaban J connectivity index is 0.00000506. The number of rotatable bonds is 9. The minimum atomic E-state index is -0.309. The van der Waals surface area contributed by atoms with Gasteiger partial charge in [-0.05, 0) is 97.7 Å². The molecule has 2 aromatic rings. The maximum absolute atomic E-state index is 12.4. The van der Waals surface area contributed by atoms with Crippen LogP contribution in [0.5, 0.6) is 0 Å².